The third-order valence-electron chi connectivity index (χ3n) is 5.86. The fourth-order valence-corrected chi connectivity index (χ4v) is 6.43. The number of rotatable bonds is 1. The number of carbonyl (C=O) groups is 1. The summed E-state index contributed by atoms with van der Waals surface area (Å²) in [6.07, 6.45) is 10.2. The highest BCUT2D eigenvalue weighted by molar-refractivity contribution is 6.80. The van der Waals surface area contributed by atoms with Crippen molar-refractivity contribution in [2.24, 2.45) is 0 Å². The van der Waals surface area contributed by atoms with Crippen LogP contribution in [0.2, 0.25) is 19.6 Å². The van der Waals surface area contributed by atoms with Gasteiger partial charge in [-0.1, -0.05) is 93.9 Å². The van der Waals surface area contributed by atoms with Crippen LogP contribution in [0.3, 0.4) is 0 Å². The molecule has 0 N–H and O–H groups in total. The van der Waals surface area contributed by atoms with Crippen LogP contribution in [-0.2, 0) is 12.8 Å². The Bertz CT molecular complexity index is 737. The average Bonchev–Trinajstić information content (AvgIpc) is 2.64. The Morgan fingerprint density at radius 2 is 1.11 bits per heavy atom. The quantitative estimate of drug-likeness (QED) is 0.490. The normalized spacial score (nSPS) is 19.7. The molecule has 0 saturated carbocycles. The summed E-state index contributed by atoms with van der Waals surface area (Å²) >= 11 is 0. The van der Waals surface area contributed by atoms with E-state index in [9.17, 15) is 4.79 Å². The lowest BCUT2D eigenvalue weighted by atomic mass is 9.97. The lowest BCUT2D eigenvalue weighted by Gasteiger charge is -2.28. The number of benzene rings is 2. The molecular formula is C25H34OSi. The molecule has 0 fully saturated rings. The molecule has 3 aliphatic rings. The zero-order valence-corrected chi connectivity index (χ0v) is 18.3. The zero-order chi connectivity index (χ0) is 19.3. The van der Waals surface area contributed by atoms with E-state index in [1.807, 2.05) is 0 Å². The summed E-state index contributed by atoms with van der Waals surface area (Å²) in [5, 5.41) is 0. The molecule has 0 saturated heterocycles. The van der Waals surface area contributed by atoms with Crippen molar-refractivity contribution >= 4 is 13.9 Å². The Morgan fingerprint density at radius 3 is 1.59 bits per heavy atom. The Balaban J connectivity index is 1.93. The Kier molecular flexibility index (Phi) is 6.70. The minimum absolute atomic E-state index is 0.0243. The van der Waals surface area contributed by atoms with Crippen LogP contribution in [0, 0.1) is 0 Å². The second-order valence-electron chi connectivity index (χ2n) is 9.22. The van der Waals surface area contributed by atoms with Crippen molar-refractivity contribution in [2.75, 3.05) is 0 Å². The second kappa shape index (κ2) is 9.01. The van der Waals surface area contributed by atoms with E-state index in [4.69, 9.17) is 0 Å². The average molecular weight is 379 g/mol. The molecule has 1 nitrogen and oxygen atoms in total. The molecule has 0 heterocycles. The van der Waals surface area contributed by atoms with Crippen molar-refractivity contribution in [3.8, 4) is 0 Å². The maximum atomic E-state index is 13.4. The molecule has 0 amide bonds. The molecule has 27 heavy (non-hydrogen) atoms. The highest BCUT2D eigenvalue weighted by Gasteiger charge is 2.34. The molecule has 0 aromatic heterocycles. The molecule has 5 rings (SSSR count). The van der Waals surface area contributed by atoms with Crippen LogP contribution in [0.25, 0.3) is 0 Å². The van der Waals surface area contributed by atoms with Gasteiger partial charge < -0.3 is 0 Å². The fourth-order valence-electron chi connectivity index (χ4n) is 4.29. The van der Waals surface area contributed by atoms with E-state index in [1.54, 1.807) is 0 Å². The van der Waals surface area contributed by atoms with Gasteiger partial charge in [-0.2, -0.15) is 0 Å². The van der Waals surface area contributed by atoms with Gasteiger partial charge in [0, 0.05) is 11.1 Å². The van der Waals surface area contributed by atoms with Crippen molar-refractivity contribution in [1.82, 2.24) is 0 Å². The largest absolute Gasteiger partial charge is 0.294 e. The van der Waals surface area contributed by atoms with Crippen LogP contribution in [0.15, 0.2) is 48.5 Å². The van der Waals surface area contributed by atoms with E-state index < -0.39 is 8.07 Å². The van der Waals surface area contributed by atoms with Crippen LogP contribution in [0.4, 0.5) is 0 Å². The van der Waals surface area contributed by atoms with Gasteiger partial charge >= 0.3 is 0 Å². The maximum absolute atomic E-state index is 13.4. The SMILES string of the molecule is C[Si](C)(C)C1C(=O)c2ccc(cc2)CCCCCCCCc2ccc1cc2. The molecule has 2 aromatic rings. The maximum Gasteiger partial charge on any atom is 0.167 e. The molecule has 0 spiro atoms. The van der Waals surface area contributed by atoms with E-state index >= 15 is 0 Å². The van der Waals surface area contributed by atoms with Gasteiger partial charge in [0.05, 0.1) is 8.07 Å². The number of fused-ring (bicyclic) bond motifs is 2. The zero-order valence-electron chi connectivity index (χ0n) is 17.3. The van der Waals surface area contributed by atoms with Crippen LogP contribution < -0.4 is 0 Å². The number of hydrogen-bond donors (Lipinski definition) is 0. The minimum atomic E-state index is -1.69. The van der Waals surface area contributed by atoms with Gasteiger partial charge in [0.15, 0.2) is 5.78 Å². The Labute approximate surface area is 166 Å². The Hall–Kier alpha value is -1.67. The van der Waals surface area contributed by atoms with Crippen molar-refractivity contribution in [3.63, 3.8) is 0 Å². The van der Waals surface area contributed by atoms with Gasteiger partial charge in [0.25, 0.3) is 0 Å². The third kappa shape index (κ3) is 5.41. The van der Waals surface area contributed by atoms with Crippen LogP contribution in [0.5, 0.6) is 0 Å². The summed E-state index contributed by atoms with van der Waals surface area (Å²) in [6.45, 7) is 6.93. The topological polar surface area (TPSA) is 17.1 Å². The highest BCUT2D eigenvalue weighted by atomic mass is 28.3. The molecule has 144 valence electrons. The summed E-state index contributed by atoms with van der Waals surface area (Å²) < 4.78 is 0. The monoisotopic (exact) mass is 378 g/mol. The summed E-state index contributed by atoms with van der Waals surface area (Å²) in [4.78, 5) is 13.4. The first kappa shape index (κ1) is 20.1. The molecule has 3 aliphatic carbocycles. The first-order valence-corrected chi connectivity index (χ1v) is 14.2. The predicted octanol–water partition coefficient (Wildman–Crippen LogP) is 6.97. The van der Waals surface area contributed by atoms with Gasteiger partial charge in [-0.25, -0.2) is 0 Å². The molecule has 4 bridgehead atoms. The lowest BCUT2D eigenvalue weighted by Crippen LogP contribution is -2.36. The molecule has 2 aromatic carbocycles. The van der Waals surface area contributed by atoms with E-state index in [-0.39, 0.29) is 5.54 Å². The van der Waals surface area contributed by atoms with E-state index in [0.29, 0.717) is 5.78 Å². The third-order valence-corrected chi connectivity index (χ3v) is 8.19. The van der Waals surface area contributed by atoms with Gasteiger partial charge in [-0.05, 0) is 42.4 Å². The van der Waals surface area contributed by atoms with Crippen LogP contribution in [-0.4, -0.2) is 13.9 Å². The highest BCUT2D eigenvalue weighted by Crippen LogP contribution is 2.31. The number of ketones is 1. The van der Waals surface area contributed by atoms with Crippen molar-refractivity contribution in [2.45, 2.75) is 76.5 Å². The first-order chi connectivity index (χ1) is 12.9. The predicted molar refractivity (Wildman–Crippen MR) is 118 cm³/mol. The standard InChI is InChI=1S/C25H34OSi/c1-27(2,3)25-23-18-14-21(15-19-23)11-9-7-5-4-6-8-10-20-12-16-22(17-13-20)24(25)26/h12-19,25H,4-11H2,1-3H3. The van der Waals surface area contributed by atoms with E-state index in [1.165, 1.54) is 55.2 Å². The summed E-state index contributed by atoms with van der Waals surface area (Å²) in [5.74, 6) is 0.301. The summed E-state index contributed by atoms with van der Waals surface area (Å²) in [6, 6.07) is 17.4. The van der Waals surface area contributed by atoms with Crippen LogP contribution >= 0.6 is 0 Å². The van der Waals surface area contributed by atoms with Gasteiger partial charge in [-0.3, -0.25) is 4.79 Å². The molecule has 1 atom stereocenters. The lowest BCUT2D eigenvalue weighted by molar-refractivity contribution is 0.0984. The number of aryl methyl sites for hydroxylation is 2. The van der Waals surface area contributed by atoms with Crippen molar-refractivity contribution < 1.29 is 4.79 Å². The van der Waals surface area contributed by atoms with E-state index in [2.05, 4.69) is 68.2 Å². The second-order valence-corrected chi connectivity index (χ2v) is 14.5. The van der Waals surface area contributed by atoms with Gasteiger partial charge in [-0.15, -0.1) is 0 Å². The molecule has 2 heteroatoms. The molecule has 1 unspecified atom stereocenters. The smallest absolute Gasteiger partial charge is 0.167 e. The summed E-state index contributed by atoms with van der Waals surface area (Å²) in [5.41, 5.74) is 4.87. The number of hydrogen-bond acceptors (Lipinski definition) is 1. The minimum Gasteiger partial charge on any atom is -0.294 e. The van der Waals surface area contributed by atoms with Crippen molar-refractivity contribution in [3.05, 3.63) is 70.8 Å². The fraction of sp³-hybridized carbons (Fsp3) is 0.480. The van der Waals surface area contributed by atoms with Gasteiger partial charge in [0.1, 0.15) is 0 Å². The van der Waals surface area contributed by atoms with Gasteiger partial charge in [0.2, 0.25) is 0 Å². The molecule has 0 radical (unpaired) electrons. The number of Topliss-reactive ketones (excluding diaryl/α,β-unsaturated/α-hetero) is 1. The summed E-state index contributed by atoms with van der Waals surface area (Å²) in [7, 11) is -1.69. The first-order valence-electron chi connectivity index (χ1n) is 10.7. The van der Waals surface area contributed by atoms with E-state index in [0.717, 1.165) is 18.4 Å². The van der Waals surface area contributed by atoms with Crippen LogP contribution in [0.1, 0.15) is 71.1 Å². The Morgan fingerprint density at radius 1 is 0.667 bits per heavy atom. The number of carbonyl (C=O) groups excluding carboxylic acids is 1. The van der Waals surface area contributed by atoms with Crippen molar-refractivity contribution in [1.29, 1.82) is 0 Å². The molecular weight excluding hydrogens is 344 g/mol. The molecule has 0 aliphatic heterocycles.